The van der Waals surface area contributed by atoms with Crippen molar-refractivity contribution in [3.05, 3.63) is 35.4 Å². The predicted octanol–water partition coefficient (Wildman–Crippen LogP) is 2.78. The molecule has 2 N–H and O–H groups in total. The summed E-state index contributed by atoms with van der Waals surface area (Å²) < 4.78 is 10.6. The summed E-state index contributed by atoms with van der Waals surface area (Å²) in [5.74, 6) is -0.858. The van der Waals surface area contributed by atoms with E-state index in [0.29, 0.717) is 12.2 Å². The first-order valence-corrected chi connectivity index (χ1v) is 10.6. The van der Waals surface area contributed by atoms with Gasteiger partial charge in [0, 0.05) is 0 Å². The van der Waals surface area contributed by atoms with E-state index in [1.807, 2.05) is 12.1 Å². The van der Waals surface area contributed by atoms with Crippen LogP contribution in [0.2, 0.25) is 18.1 Å². The van der Waals surface area contributed by atoms with Crippen molar-refractivity contribution in [2.45, 2.75) is 57.7 Å². The Labute approximate surface area is 139 Å². The minimum Gasteiger partial charge on any atom is -0.467 e. The highest BCUT2D eigenvalue weighted by atomic mass is 28.4. The molecule has 0 fully saturated rings. The maximum absolute atomic E-state index is 11.3. The van der Waals surface area contributed by atoms with Crippen molar-refractivity contribution in [1.29, 1.82) is 0 Å². The van der Waals surface area contributed by atoms with Gasteiger partial charge in [0.15, 0.2) is 14.4 Å². The monoisotopic (exact) mass is 340 g/mol. The lowest BCUT2D eigenvalue weighted by Crippen LogP contribution is -2.40. The number of aliphatic hydroxyl groups excluding tert-OH is 2. The summed E-state index contributed by atoms with van der Waals surface area (Å²) in [6.45, 7) is 11.5. The normalized spacial score (nSPS) is 15.1. The number of hydrogen-bond acceptors (Lipinski definition) is 5. The Kier molecular flexibility index (Phi) is 6.53. The Morgan fingerprint density at radius 2 is 1.70 bits per heavy atom. The van der Waals surface area contributed by atoms with E-state index in [1.165, 1.54) is 7.11 Å². The van der Waals surface area contributed by atoms with Crippen LogP contribution in [0.3, 0.4) is 0 Å². The van der Waals surface area contributed by atoms with Crippen LogP contribution in [-0.2, 0) is 20.6 Å². The molecule has 1 rings (SSSR count). The zero-order valence-electron chi connectivity index (χ0n) is 14.8. The van der Waals surface area contributed by atoms with Crippen molar-refractivity contribution < 1.29 is 24.2 Å². The maximum Gasteiger partial charge on any atom is 0.337 e. The molecule has 6 heteroatoms. The van der Waals surface area contributed by atoms with Gasteiger partial charge in [0.25, 0.3) is 0 Å². The lowest BCUT2D eigenvalue weighted by molar-refractivity contribution is -0.156. The second-order valence-electron chi connectivity index (χ2n) is 7.20. The first-order valence-electron chi connectivity index (χ1n) is 7.66. The molecule has 0 unspecified atom stereocenters. The first-order chi connectivity index (χ1) is 10.5. The van der Waals surface area contributed by atoms with Gasteiger partial charge in [0.1, 0.15) is 6.10 Å². The van der Waals surface area contributed by atoms with Crippen LogP contribution < -0.4 is 0 Å². The third-order valence-corrected chi connectivity index (χ3v) is 8.95. The number of rotatable bonds is 6. The molecule has 0 amide bonds. The zero-order valence-corrected chi connectivity index (χ0v) is 15.8. The third kappa shape index (κ3) is 5.14. The Hall–Kier alpha value is -1.21. The van der Waals surface area contributed by atoms with Crippen LogP contribution in [0, 0.1) is 0 Å². The molecule has 2 atom stereocenters. The minimum absolute atomic E-state index is 0.147. The van der Waals surface area contributed by atoms with Crippen LogP contribution in [0.15, 0.2) is 24.3 Å². The number of hydrogen-bond donors (Lipinski definition) is 2. The largest absolute Gasteiger partial charge is 0.467 e. The van der Waals surface area contributed by atoms with Gasteiger partial charge in [0.2, 0.25) is 0 Å². The second kappa shape index (κ2) is 7.57. The van der Waals surface area contributed by atoms with E-state index >= 15 is 0 Å². The Bertz CT molecular complexity index is 519. The van der Waals surface area contributed by atoms with Crippen molar-refractivity contribution in [3.8, 4) is 0 Å². The summed E-state index contributed by atoms with van der Waals surface area (Å²) in [6.07, 6.45) is -2.90. The fourth-order valence-corrected chi connectivity index (χ4v) is 2.68. The molecule has 0 bridgehead atoms. The Morgan fingerprint density at radius 3 is 2.13 bits per heavy atom. The second-order valence-corrected chi connectivity index (χ2v) is 12.0. The molecule has 0 radical (unpaired) electrons. The Balaban J connectivity index is 2.72. The summed E-state index contributed by atoms with van der Waals surface area (Å²) >= 11 is 0. The summed E-state index contributed by atoms with van der Waals surface area (Å²) in [7, 11) is -0.645. The average Bonchev–Trinajstić information content (AvgIpc) is 2.50. The minimum atomic E-state index is -1.81. The average molecular weight is 340 g/mol. The van der Waals surface area contributed by atoms with E-state index in [1.54, 1.807) is 12.1 Å². The summed E-state index contributed by atoms with van der Waals surface area (Å²) in [4.78, 5) is 11.3. The molecular formula is C17H28O5Si. The van der Waals surface area contributed by atoms with E-state index < -0.39 is 26.5 Å². The van der Waals surface area contributed by atoms with Crippen molar-refractivity contribution >= 4 is 14.3 Å². The molecule has 130 valence electrons. The fourth-order valence-electron chi connectivity index (χ4n) is 1.72. The molecule has 0 spiro atoms. The fraction of sp³-hybridized carbons (Fsp3) is 0.588. The SMILES string of the molecule is COC(=O)[C@@H](O)[C@H](O)c1ccc(CO[Si](C)(C)C(C)(C)C)cc1. The lowest BCUT2D eigenvalue weighted by atomic mass is 10.0. The van der Waals surface area contributed by atoms with E-state index in [4.69, 9.17) is 4.43 Å². The number of esters is 1. The van der Waals surface area contributed by atoms with Gasteiger partial charge >= 0.3 is 5.97 Å². The number of benzene rings is 1. The van der Waals surface area contributed by atoms with Crippen molar-refractivity contribution in [1.82, 2.24) is 0 Å². The van der Waals surface area contributed by atoms with Crippen LogP contribution in [0.1, 0.15) is 38.0 Å². The third-order valence-electron chi connectivity index (χ3n) is 4.47. The van der Waals surface area contributed by atoms with E-state index in [9.17, 15) is 15.0 Å². The van der Waals surface area contributed by atoms with Crippen molar-refractivity contribution in [3.63, 3.8) is 0 Å². The first kappa shape index (κ1) is 19.8. The van der Waals surface area contributed by atoms with E-state index in [0.717, 1.165) is 5.56 Å². The van der Waals surface area contributed by atoms with Gasteiger partial charge < -0.3 is 19.4 Å². The molecule has 1 aromatic rings. The number of methoxy groups -OCH3 is 1. The molecule has 0 saturated carbocycles. The highest BCUT2D eigenvalue weighted by Gasteiger charge is 2.37. The summed E-state index contributed by atoms with van der Waals surface area (Å²) in [6, 6.07) is 7.02. The highest BCUT2D eigenvalue weighted by Crippen LogP contribution is 2.37. The van der Waals surface area contributed by atoms with Crippen LogP contribution in [0.5, 0.6) is 0 Å². The summed E-state index contributed by atoms with van der Waals surface area (Å²) in [5, 5.41) is 19.8. The predicted molar refractivity (Wildman–Crippen MR) is 91.4 cm³/mol. The van der Waals surface area contributed by atoms with Gasteiger partial charge in [0.05, 0.1) is 13.7 Å². The van der Waals surface area contributed by atoms with Crippen LogP contribution >= 0.6 is 0 Å². The van der Waals surface area contributed by atoms with E-state index in [-0.39, 0.29) is 5.04 Å². The highest BCUT2D eigenvalue weighted by molar-refractivity contribution is 6.74. The van der Waals surface area contributed by atoms with Crippen molar-refractivity contribution in [2.75, 3.05) is 7.11 Å². The van der Waals surface area contributed by atoms with Crippen LogP contribution in [-0.4, -0.2) is 37.7 Å². The van der Waals surface area contributed by atoms with Crippen LogP contribution in [0.4, 0.5) is 0 Å². The molecule has 23 heavy (non-hydrogen) atoms. The number of ether oxygens (including phenoxy) is 1. The standard InChI is InChI=1S/C17H28O5Si/c1-17(2,3)23(5,6)22-11-12-7-9-13(10-8-12)14(18)15(19)16(20)21-4/h7-10,14-15,18-19H,11H2,1-6H3/t14-,15+/m1/s1. The Morgan fingerprint density at radius 1 is 1.17 bits per heavy atom. The summed E-state index contributed by atoms with van der Waals surface area (Å²) in [5.41, 5.74) is 1.44. The molecule has 0 aliphatic carbocycles. The molecule has 1 aromatic carbocycles. The van der Waals surface area contributed by atoms with Gasteiger partial charge in [-0.05, 0) is 29.3 Å². The molecule has 0 aliphatic heterocycles. The maximum atomic E-state index is 11.3. The molecule has 0 heterocycles. The number of carbonyl (C=O) groups excluding carboxylic acids is 1. The van der Waals surface area contributed by atoms with Gasteiger partial charge in [-0.3, -0.25) is 0 Å². The molecule has 0 saturated heterocycles. The molecule has 0 aromatic heterocycles. The van der Waals surface area contributed by atoms with Gasteiger partial charge in [-0.1, -0.05) is 45.0 Å². The number of aliphatic hydroxyl groups is 2. The van der Waals surface area contributed by atoms with Gasteiger partial charge in [-0.15, -0.1) is 0 Å². The molecule has 5 nitrogen and oxygen atoms in total. The zero-order chi connectivity index (χ0) is 17.8. The van der Waals surface area contributed by atoms with Gasteiger partial charge in [-0.2, -0.15) is 0 Å². The van der Waals surface area contributed by atoms with E-state index in [2.05, 4.69) is 38.6 Å². The lowest BCUT2D eigenvalue weighted by Gasteiger charge is -2.36. The quantitative estimate of drug-likeness (QED) is 0.615. The van der Waals surface area contributed by atoms with Crippen LogP contribution in [0.25, 0.3) is 0 Å². The number of carbonyl (C=O) groups is 1. The smallest absolute Gasteiger partial charge is 0.337 e. The molecular weight excluding hydrogens is 312 g/mol. The topological polar surface area (TPSA) is 76.0 Å². The van der Waals surface area contributed by atoms with Gasteiger partial charge in [-0.25, -0.2) is 4.79 Å². The van der Waals surface area contributed by atoms with Crippen molar-refractivity contribution in [2.24, 2.45) is 0 Å². The molecule has 0 aliphatic rings.